The molecule has 0 aliphatic carbocycles. The van der Waals surface area contributed by atoms with E-state index in [1.54, 1.807) is 7.11 Å². The van der Waals surface area contributed by atoms with E-state index in [-0.39, 0.29) is 0 Å². The third kappa shape index (κ3) is 5.56. The fourth-order valence-electron chi connectivity index (χ4n) is 1.91. The zero-order valence-corrected chi connectivity index (χ0v) is 13.9. The number of benzene rings is 1. The largest absolute Gasteiger partial charge is 0.495 e. The van der Waals surface area contributed by atoms with Gasteiger partial charge in [0.15, 0.2) is 0 Å². The first-order valence-corrected chi connectivity index (χ1v) is 7.56. The van der Waals surface area contributed by atoms with E-state index < -0.39 is 0 Å². The van der Waals surface area contributed by atoms with Crippen LogP contribution in [-0.4, -0.2) is 20.2 Å². The molecule has 0 unspecified atom stereocenters. The standard InChI is InChI=1S/C17H26ClNO/c1-12(2)10-19-11-15(13(3)4)8-14-6-7-17(20-5)16(18)9-14/h6-9,12-13,19H,10-11H2,1-5H3. The number of ether oxygens (including phenoxy) is 1. The van der Waals surface area contributed by atoms with E-state index in [0.29, 0.717) is 22.6 Å². The molecule has 2 nitrogen and oxygen atoms in total. The Balaban J connectivity index is 2.82. The molecule has 0 aromatic heterocycles. The number of hydrogen-bond acceptors (Lipinski definition) is 2. The molecule has 0 spiro atoms. The lowest BCUT2D eigenvalue weighted by Gasteiger charge is -2.14. The van der Waals surface area contributed by atoms with Crippen molar-refractivity contribution < 1.29 is 4.74 Å². The lowest BCUT2D eigenvalue weighted by atomic mass is 10.00. The highest BCUT2D eigenvalue weighted by molar-refractivity contribution is 6.32. The van der Waals surface area contributed by atoms with Gasteiger partial charge in [-0.25, -0.2) is 0 Å². The van der Waals surface area contributed by atoms with E-state index in [0.717, 1.165) is 18.7 Å². The van der Waals surface area contributed by atoms with Gasteiger partial charge in [-0.1, -0.05) is 57.0 Å². The van der Waals surface area contributed by atoms with Gasteiger partial charge in [0.1, 0.15) is 5.75 Å². The molecule has 1 rings (SSSR count). The summed E-state index contributed by atoms with van der Waals surface area (Å²) < 4.78 is 5.18. The summed E-state index contributed by atoms with van der Waals surface area (Å²) in [5.41, 5.74) is 2.50. The van der Waals surface area contributed by atoms with E-state index >= 15 is 0 Å². The maximum absolute atomic E-state index is 6.17. The van der Waals surface area contributed by atoms with Crippen LogP contribution in [0.4, 0.5) is 0 Å². The second kappa shape index (κ2) is 8.33. The van der Waals surface area contributed by atoms with E-state index in [1.165, 1.54) is 5.57 Å². The fourth-order valence-corrected chi connectivity index (χ4v) is 2.18. The zero-order valence-electron chi connectivity index (χ0n) is 13.2. The SMILES string of the molecule is COc1ccc(C=C(CNCC(C)C)C(C)C)cc1Cl. The number of rotatable bonds is 7. The van der Waals surface area contributed by atoms with Crippen LogP contribution in [-0.2, 0) is 0 Å². The van der Waals surface area contributed by atoms with Gasteiger partial charge < -0.3 is 10.1 Å². The van der Waals surface area contributed by atoms with Gasteiger partial charge in [-0.2, -0.15) is 0 Å². The first-order chi connectivity index (χ1) is 9.43. The molecule has 1 N–H and O–H groups in total. The van der Waals surface area contributed by atoms with Crippen LogP contribution in [0.2, 0.25) is 5.02 Å². The third-order valence-corrected chi connectivity index (χ3v) is 3.45. The number of methoxy groups -OCH3 is 1. The summed E-state index contributed by atoms with van der Waals surface area (Å²) in [6.07, 6.45) is 2.21. The molecule has 0 aliphatic heterocycles. The van der Waals surface area contributed by atoms with Crippen molar-refractivity contribution in [1.82, 2.24) is 5.32 Å². The van der Waals surface area contributed by atoms with Crippen molar-refractivity contribution in [2.24, 2.45) is 11.8 Å². The average molecular weight is 296 g/mol. The van der Waals surface area contributed by atoms with Crippen molar-refractivity contribution in [2.45, 2.75) is 27.7 Å². The smallest absolute Gasteiger partial charge is 0.137 e. The second-order valence-electron chi connectivity index (χ2n) is 5.79. The predicted octanol–water partition coefficient (Wildman–Crippen LogP) is 4.63. The van der Waals surface area contributed by atoms with Crippen LogP contribution in [0, 0.1) is 11.8 Å². The molecule has 0 saturated carbocycles. The van der Waals surface area contributed by atoms with Gasteiger partial charge >= 0.3 is 0 Å². The zero-order chi connectivity index (χ0) is 15.1. The van der Waals surface area contributed by atoms with Crippen LogP contribution in [0.3, 0.4) is 0 Å². The van der Waals surface area contributed by atoms with E-state index in [9.17, 15) is 0 Å². The molecule has 3 heteroatoms. The molecule has 0 fully saturated rings. The lowest BCUT2D eigenvalue weighted by molar-refractivity contribution is 0.415. The quantitative estimate of drug-likeness (QED) is 0.791. The summed E-state index contributed by atoms with van der Waals surface area (Å²) in [6.45, 7) is 10.8. The Morgan fingerprint density at radius 2 is 2.00 bits per heavy atom. The molecule has 1 aromatic carbocycles. The molecule has 0 radical (unpaired) electrons. The maximum Gasteiger partial charge on any atom is 0.137 e. The van der Waals surface area contributed by atoms with Crippen LogP contribution >= 0.6 is 11.6 Å². The van der Waals surface area contributed by atoms with Crippen LogP contribution in [0.25, 0.3) is 6.08 Å². The molecule has 0 saturated heterocycles. The summed E-state index contributed by atoms with van der Waals surface area (Å²) in [5.74, 6) is 1.89. The summed E-state index contributed by atoms with van der Waals surface area (Å²) in [4.78, 5) is 0. The van der Waals surface area contributed by atoms with Gasteiger partial charge in [0.25, 0.3) is 0 Å². The molecule has 1 aromatic rings. The van der Waals surface area contributed by atoms with Gasteiger partial charge in [0.05, 0.1) is 12.1 Å². The lowest BCUT2D eigenvalue weighted by Crippen LogP contribution is -2.23. The van der Waals surface area contributed by atoms with Crippen molar-refractivity contribution in [3.8, 4) is 5.75 Å². The summed E-state index contributed by atoms with van der Waals surface area (Å²) in [7, 11) is 1.63. The topological polar surface area (TPSA) is 21.3 Å². The van der Waals surface area contributed by atoms with Crippen molar-refractivity contribution in [3.05, 3.63) is 34.4 Å². The predicted molar refractivity (Wildman–Crippen MR) is 88.5 cm³/mol. The van der Waals surface area contributed by atoms with Gasteiger partial charge in [0, 0.05) is 6.54 Å². The van der Waals surface area contributed by atoms with Crippen LogP contribution in [0.1, 0.15) is 33.3 Å². The molecule has 0 heterocycles. The Morgan fingerprint density at radius 1 is 1.30 bits per heavy atom. The number of nitrogens with one attached hydrogen (secondary N) is 1. The Morgan fingerprint density at radius 3 is 2.50 bits per heavy atom. The highest BCUT2D eigenvalue weighted by Crippen LogP contribution is 2.26. The molecule has 20 heavy (non-hydrogen) atoms. The average Bonchev–Trinajstić information content (AvgIpc) is 2.37. The van der Waals surface area contributed by atoms with Crippen molar-refractivity contribution >= 4 is 17.7 Å². The third-order valence-electron chi connectivity index (χ3n) is 3.15. The highest BCUT2D eigenvalue weighted by Gasteiger charge is 2.06. The van der Waals surface area contributed by atoms with Crippen LogP contribution < -0.4 is 10.1 Å². The maximum atomic E-state index is 6.17. The van der Waals surface area contributed by atoms with Crippen LogP contribution in [0.5, 0.6) is 5.75 Å². The van der Waals surface area contributed by atoms with Gasteiger partial charge in [-0.15, -0.1) is 0 Å². The van der Waals surface area contributed by atoms with E-state index in [4.69, 9.17) is 16.3 Å². The molecule has 0 atom stereocenters. The first-order valence-electron chi connectivity index (χ1n) is 7.18. The summed E-state index contributed by atoms with van der Waals surface area (Å²) >= 11 is 6.17. The Kier molecular flexibility index (Phi) is 7.11. The monoisotopic (exact) mass is 295 g/mol. The summed E-state index contributed by atoms with van der Waals surface area (Å²) in [6, 6.07) is 5.90. The number of hydrogen-bond donors (Lipinski definition) is 1. The Bertz CT molecular complexity index is 452. The minimum absolute atomic E-state index is 0.510. The second-order valence-corrected chi connectivity index (χ2v) is 6.20. The molecule has 0 aliphatic rings. The minimum atomic E-state index is 0.510. The molecule has 0 amide bonds. The normalized spacial score (nSPS) is 12.3. The summed E-state index contributed by atoms with van der Waals surface area (Å²) in [5, 5.41) is 4.15. The van der Waals surface area contributed by atoms with Crippen molar-refractivity contribution in [1.29, 1.82) is 0 Å². The minimum Gasteiger partial charge on any atom is -0.495 e. The van der Waals surface area contributed by atoms with Gasteiger partial charge in [-0.3, -0.25) is 0 Å². The van der Waals surface area contributed by atoms with E-state index in [1.807, 2.05) is 18.2 Å². The Hall–Kier alpha value is -0.990. The molecule has 0 bridgehead atoms. The number of halogens is 1. The fraction of sp³-hybridized carbons (Fsp3) is 0.529. The van der Waals surface area contributed by atoms with Crippen LogP contribution in [0.15, 0.2) is 23.8 Å². The molecule has 112 valence electrons. The highest BCUT2D eigenvalue weighted by atomic mass is 35.5. The van der Waals surface area contributed by atoms with E-state index in [2.05, 4.69) is 39.1 Å². The Labute approximate surface area is 128 Å². The van der Waals surface area contributed by atoms with Gasteiger partial charge in [-0.05, 0) is 36.1 Å². The van der Waals surface area contributed by atoms with Crippen molar-refractivity contribution in [3.63, 3.8) is 0 Å². The van der Waals surface area contributed by atoms with Gasteiger partial charge in [0.2, 0.25) is 0 Å². The first kappa shape index (κ1) is 17.1. The molecular weight excluding hydrogens is 270 g/mol. The molecular formula is C17H26ClNO. The van der Waals surface area contributed by atoms with Crippen molar-refractivity contribution in [2.75, 3.05) is 20.2 Å².